The van der Waals surface area contributed by atoms with Crippen molar-refractivity contribution in [3.63, 3.8) is 0 Å². The molecule has 22 rings (SSSR count). The van der Waals surface area contributed by atoms with Gasteiger partial charge in [0, 0.05) is 22.6 Å². The highest BCUT2D eigenvalue weighted by molar-refractivity contribution is 7.21. The molecule has 2 atom stereocenters. The van der Waals surface area contributed by atoms with Gasteiger partial charge in [0.15, 0.2) is 24.2 Å². The molecule has 0 saturated heterocycles. The van der Waals surface area contributed by atoms with Crippen molar-refractivity contribution in [1.29, 1.82) is 0 Å². The third-order valence-corrected chi connectivity index (χ3v) is 39.1. The van der Waals surface area contributed by atoms with E-state index in [2.05, 4.69) is 429 Å². The number of aromatic nitrogens is 1. The predicted molar refractivity (Wildman–Crippen MR) is 488 cm³/mol. The first-order valence-electron chi connectivity index (χ1n) is 42.0. The lowest BCUT2D eigenvalue weighted by molar-refractivity contribution is 0.752. The molecule has 2 bridgehead atoms. The van der Waals surface area contributed by atoms with Crippen LogP contribution in [0.2, 0.25) is 0 Å². The molecule has 0 fully saturated rings. The molecule has 3 aliphatic rings. The van der Waals surface area contributed by atoms with E-state index in [4.69, 9.17) is 4.11 Å². The van der Waals surface area contributed by atoms with Gasteiger partial charge in [-0.2, -0.15) is 0 Å². The van der Waals surface area contributed by atoms with Crippen LogP contribution >= 0.6 is 0 Å². The molecule has 0 saturated carbocycles. The van der Waals surface area contributed by atoms with Crippen LogP contribution in [0.5, 0.6) is 0 Å². The molecule has 4 heteroatoms. The van der Waals surface area contributed by atoms with E-state index in [9.17, 15) is 2.74 Å². The Hall–Kier alpha value is -13.6. The van der Waals surface area contributed by atoms with Crippen LogP contribution in [0, 0.1) is 0 Å². The molecular weight excluding hydrogens is 1420 g/mol. The lowest BCUT2D eigenvalue weighted by Gasteiger charge is -2.47. The lowest BCUT2D eigenvalue weighted by Crippen LogP contribution is -2.75. The van der Waals surface area contributed by atoms with Gasteiger partial charge in [-0.3, -0.25) is 0 Å². The minimum atomic E-state index is -3.54. The molecule has 1 nitrogen and oxygen atoms in total. The first kappa shape index (κ1) is 63.1. The Morgan fingerprint density at radius 2 is 0.570 bits per heavy atom. The van der Waals surface area contributed by atoms with Crippen LogP contribution in [0.1, 0.15) is 52.1 Å². The number of nitrogens with zero attached hydrogens (tertiary/aromatic N) is 1. The fourth-order valence-electron chi connectivity index (χ4n) is 20.2. The van der Waals surface area contributed by atoms with Crippen LogP contribution in [0.15, 0.2) is 467 Å². The van der Waals surface area contributed by atoms with Gasteiger partial charge >= 0.3 is 0 Å². The van der Waals surface area contributed by atoms with Crippen molar-refractivity contribution in [1.82, 2.24) is 4.57 Å². The minimum absolute atomic E-state index is 0.120. The van der Waals surface area contributed by atoms with Gasteiger partial charge in [0.2, 0.25) is 0 Å². The molecule has 19 aromatic rings. The van der Waals surface area contributed by atoms with E-state index in [1.165, 1.54) is 90.4 Å². The standard InChI is InChI=1S/C110H79NSi3/c1-10-38-78(39-11-1)79-40-32-61-93(74-79)114(89-55-24-8-25-56-89,90-57-26-9-27-58-90)105-71-37-68-100-107-97-63-28-29-64-98(97)110(109(100)105)108-99(107)67-36-70-104(108)111-102-69-31-30-62-96(102)101-77-82(72-73-103(101)111)106-94(80-41-33-59-91(75-80)112(83-43-12-2-13-44-83,84-45-14-3-15-46-84)85-47-16-4-17-48-85)65-35-66-95(106)81-42-34-60-92(76-81)113(86-49-18-5-19-50-86,87-51-20-6-21-52-87)88-53-22-7-23-54-88/h1-77,107,110H/i1D,10D,11D,38D,39D. The summed E-state index contributed by atoms with van der Waals surface area (Å²) < 4.78 is 47.7. The van der Waals surface area contributed by atoms with Crippen LogP contribution in [0.25, 0.3) is 72.0 Å². The van der Waals surface area contributed by atoms with E-state index in [0.717, 1.165) is 66.1 Å². The third-order valence-electron chi connectivity index (χ3n) is 24.7. The zero-order valence-corrected chi connectivity index (χ0v) is 65.7. The van der Waals surface area contributed by atoms with Gasteiger partial charge < -0.3 is 4.57 Å². The summed E-state index contributed by atoms with van der Waals surface area (Å²) in [7, 11) is -9.58. The summed E-state index contributed by atoms with van der Waals surface area (Å²) in [6, 6.07) is 162. The largest absolute Gasteiger partial charge is 0.309 e. The van der Waals surface area contributed by atoms with E-state index >= 15 is 0 Å². The van der Waals surface area contributed by atoms with E-state index < -0.39 is 30.3 Å². The fraction of sp³-hybridized carbons (Fsp3) is 0.0182. The van der Waals surface area contributed by atoms with Gasteiger partial charge in [-0.25, -0.2) is 0 Å². The highest BCUT2D eigenvalue weighted by Gasteiger charge is 2.51. The maximum Gasteiger partial charge on any atom is 0.179 e. The quantitative estimate of drug-likeness (QED) is 0.0632. The van der Waals surface area contributed by atoms with Crippen LogP contribution in [-0.4, -0.2) is 28.8 Å². The summed E-state index contributed by atoms with van der Waals surface area (Å²) in [5, 5.41) is 17.4. The molecule has 114 heavy (non-hydrogen) atoms. The Labute approximate surface area is 677 Å². The zero-order valence-electron chi connectivity index (χ0n) is 67.7. The molecule has 1 aromatic heterocycles. The smallest absolute Gasteiger partial charge is 0.179 e. The Morgan fingerprint density at radius 3 is 1.05 bits per heavy atom. The number of rotatable bonds is 17. The van der Waals surface area contributed by atoms with Gasteiger partial charge in [0.25, 0.3) is 0 Å². The summed E-state index contributed by atoms with van der Waals surface area (Å²) in [5.74, 6) is -0.362. The topological polar surface area (TPSA) is 4.93 Å². The molecule has 1 heterocycles. The highest BCUT2D eigenvalue weighted by Crippen LogP contribution is 2.58. The molecule has 3 aliphatic carbocycles. The molecule has 18 aromatic carbocycles. The summed E-state index contributed by atoms with van der Waals surface area (Å²) in [6.07, 6.45) is 0. The minimum Gasteiger partial charge on any atom is -0.309 e. The first-order valence-corrected chi connectivity index (χ1v) is 45.5. The van der Waals surface area contributed by atoms with Gasteiger partial charge in [0.05, 0.1) is 23.6 Å². The van der Waals surface area contributed by atoms with Crippen molar-refractivity contribution in [3.8, 4) is 50.2 Å². The van der Waals surface area contributed by atoms with Gasteiger partial charge in [0.1, 0.15) is 0 Å². The van der Waals surface area contributed by atoms with Crippen LogP contribution in [0.4, 0.5) is 0 Å². The van der Waals surface area contributed by atoms with E-state index in [1.54, 1.807) is 0 Å². The molecule has 0 amide bonds. The molecule has 536 valence electrons. The van der Waals surface area contributed by atoms with Crippen molar-refractivity contribution in [2.75, 3.05) is 0 Å². The Balaban J connectivity index is 0.802. The molecular formula is C110H79NSi3. The summed E-state index contributed by atoms with van der Waals surface area (Å²) in [4.78, 5) is 0. The molecule has 2 unspecified atom stereocenters. The number of benzene rings is 18. The van der Waals surface area contributed by atoms with E-state index in [1.807, 2.05) is 12.1 Å². The average molecular weight is 1500 g/mol. The van der Waals surface area contributed by atoms with Gasteiger partial charge in [-0.1, -0.05) is 443 Å². The van der Waals surface area contributed by atoms with Crippen molar-refractivity contribution >= 4 is 108 Å². The van der Waals surface area contributed by atoms with Crippen molar-refractivity contribution in [3.05, 3.63) is 500 Å². The predicted octanol–water partition coefficient (Wildman–Crippen LogP) is 18.6. The Morgan fingerprint density at radius 1 is 0.219 bits per heavy atom. The zero-order chi connectivity index (χ0) is 79.9. The van der Waals surface area contributed by atoms with Crippen molar-refractivity contribution in [2.45, 2.75) is 11.8 Å². The van der Waals surface area contributed by atoms with Crippen LogP contribution in [-0.2, 0) is 0 Å². The number of para-hydroxylation sites is 1. The normalized spacial score (nSPS) is 14.2. The summed E-state index contributed by atoms with van der Waals surface area (Å²) in [5.41, 5.74) is 18.6. The maximum atomic E-state index is 9.35. The van der Waals surface area contributed by atoms with Gasteiger partial charge in [-0.05, 0) is 164 Å². The molecule has 0 spiro atoms. The first-order chi connectivity index (χ1) is 58.7. The average Bonchev–Trinajstić information content (AvgIpc) is 1.43. The lowest BCUT2D eigenvalue weighted by atomic mass is 9.60. The maximum absolute atomic E-state index is 9.35. The Bertz CT molecular complexity index is 6660. The second-order valence-corrected chi connectivity index (χ2v) is 41.7. The van der Waals surface area contributed by atoms with E-state index in [-0.39, 0.29) is 41.6 Å². The monoisotopic (exact) mass is 1500 g/mol. The highest BCUT2D eigenvalue weighted by atomic mass is 28.3. The summed E-state index contributed by atoms with van der Waals surface area (Å²) in [6.45, 7) is 0. The van der Waals surface area contributed by atoms with E-state index in [0.29, 0.717) is 5.56 Å². The Kier molecular flexibility index (Phi) is 15.8. The number of hydrogen-bond donors (Lipinski definition) is 0. The second kappa shape index (κ2) is 28.6. The molecule has 0 radical (unpaired) electrons. The fourth-order valence-corrected chi connectivity index (χ4v) is 34.8. The number of hydrogen-bond acceptors (Lipinski definition) is 0. The third kappa shape index (κ3) is 10.8. The second-order valence-electron chi connectivity index (χ2n) is 30.3. The van der Waals surface area contributed by atoms with Gasteiger partial charge in [-0.15, -0.1) is 0 Å². The molecule has 0 N–H and O–H groups in total. The number of fused-ring (bicyclic) bond motifs is 3. The van der Waals surface area contributed by atoms with Crippen LogP contribution < -0.4 is 62.2 Å². The summed E-state index contributed by atoms with van der Waals surface area (Å²) >= 11 is 0. The SMILES string of the molecule is [2H]c1c([2H])c([2H])c(-c2cccc([Si](c3ccccc3)(c3ccccc3)c3cccc4c3C3c5ccccc5C4c4cccc(-n5c6ccccc6c6cc(-c7c(-c8cccc([Si](c9ccccc9)(c9ccccc9)c9ccccc9)c8)cccc7-c7cccc([Si](c8ccccc8)(c8ccccc8)c8ccccc8)c7)ccc65)c43)c2)c([2H])c1[2H]. The molecule has 0 aliphatic heterocycles. The van der Waals surface area contributed by atoms with Crippen molar-refractivity contribution < 1.29 is 6.85 Å². The van der Waals surface area contributed by atoms with Crippen molar-refractivity contribution in [2.24, 2.45) is 0 Å². The van der Waals surface area contributed by atoms with Crippen LogP contribution in [0.3, 0.4) is 0 Å².